The molecule has 0 fully saturated rings. The minimum absolute atomic E-state index is 0.148. The molecule has 0 aliphatic heterocycles. The van der Waals surface area contributed by atoms with E-state index in [-0.39, 0.29) is 6.04 Å². The van der Waals surface area contributed by atoms with Gasteiger partial charge in [-0.3, -0.25) is 0 Å². The van der Waals surface area contributed by atoms with Gasteiger partial charge >= 0.3 is 5.97 Å². The molecule has 2 aromatic rings. The van der Waals surface area contributed by atoms with Crippen LogP contribution < -0.4 is 0 Å². The molecule has 1 N–H and O–H groups in total. The molecule has 19 heavy (non-hydrogen) atoms. The number of aliphatic hydroxyl groups is 1. The molecule has 0 saturated carbocycles. The van der Waals surface area contributed by atoms with Crippen LogP contribution >= 0.6 is 0 Å². The monoisotopic (exact) mass is 261 g/mol. The third-order valence-electron chi connectivity index (χ3n) is 3.25. The van der Waals surface area contributed by atoms with Crippen LogP contribution in [0.2, 0.25) is 0 Å². The van der Waals surface area contributed by atoms with Gasteiger partial charge in [-0.05, 0) is 39.0 Å². The maximum absolute atomic E-state index is 11.5. The zero-order chi connectivity index (χ0) is 14.2. The fourth-order valence-corrected chi connectivity index (χ4v) is 2.40. The molecular formula is C15H19NO3. The molecule has 102 valence electrons. The van der Waals surface area contributed by atoms with Crippen molar-refractivity contribution in [3.05, 3.63) is 35.5 Å². The van der Waals surface area contributed by atoms with Crippen LogP contribution in [0.25, 0.3) is 10.9 Å². The van der Waals surface area contributed by atoms with Crippen molar-refractivity contribution in [1.29, 1.82) is 0 Å². The first-order valence-corrected chi connectivity index (χ1v) is 6.33. The van der Waals surface area contributed by atoms with Gasteiger partial charge < -0.3 is 14.4 Å². The van der Waals surface area contributed by atoms with Gasteiger partial charge in [0.05, 0.1) is 12.8 Å². The number of ether oxygens (including phenoxy) is 1. The van der Waals surface area contributed by atoms with Crippen LogP contribution in [0, 0.1) is 6.92 Å². The van der Waals surface area contributed by atoms with E-state index in [4.69, 9.17) is 0 Å². The average Bonchev–Trinajstić information content (AvgIpc) is 2.75. The van der Waals surface area contributed by atoms with Crippen molar-refractivity contribution >= 4 is 16.9 Å². The molecule has 4 heteroatoms. The van der Waals surface area contributed by atoms with Crippen LogP contribution in [0.5, 0.6) is 0 Å². The number of hydrogen-bond donors (Lipinski definition) is 1. The van der Waals surface area contributed by atoms with Crippen molar-refractivity contribution in [1.82, 2.24) is 4.57 Å². The normalized spacial score (nSPS) is 12.9. The van der Waals surface area contributed by atoms with Crippen LogP contribution in [-0.4, -0.2) is 22.8 Å². The van der Waals surface area contributed by atoms with Crippen LogP contribution in [0.3, 0.4) is 0 Å². The second-order valence-corrected chi connectivity index (χ2v) is 5.02. The summed E-state index contributed by atoms with van der Waals surface area (Å²) >= 11 is 0. The fraction of sp³-hybridized carbons (Fsp3) is 0.400. The Balaban J connectivity index is 2.66. The highest BCUT2D eigenvalue weighted by molar-refractivity contribution is 5.85. The van der Waals surface area contributed by atoms with E-state index in [9.17, 15) is 9.90 Å². The second-order valence-electron chi connectivity index (χ2n) is 5.02. The van der Waals surface area contributed by atoms with Gasteiger partial charge in [0.2, 0.25) is 0 Å². The topological polar surface area (TPSA) is 51.5 Å². The van der Waals surface area contributed by atoms with Crippen LogP contribution in [0.15, 0.2) is 24.3 Å². The summed E-state index contributed by atoms with van der Waals surface area (Å²) in [5, 5.41) is 11.1. The van der Waals surface area contributed by atoms with Gasteiger partial charge in [-0.15, -0.1) is 0 Å². The zero-order valence-corrected chi connectivity index (χ0v) is 11.7. The SMILES string of the molecule is COC(=O)C(O)c1cc2cc(C)ccc2n1C(C)C. The van der Waals surface area contributed by atoms with Gasteiger partial charge in [-0.25, -0.2) is 4.79 Å². The third-order valence-corrected chi connectivity index (χ3v) is 3.25. The molecule has 1 aromatic carbocycles. The lowest BCUT2D eigenvalue weighted by Gasteiger charge is -2.17. The predicted molar refractivity (Wildman–Crippen MR) is 74.0 cm³/mol. The van der Waals surface area contributed by atoms with Crippen LogP contribution in [0.1, 0.15) is 37.3 Å². The highest BCUT2D eigenvalue weighted by Crippen LogP contribution is 2.29. The summed E-state index contributed by atoms with van der Waals surface area (Å²) in [6.07, 6.45) is -1.25. The van der Waals surface area contributed by atoms with E-state index in [2.05, 4.69) is 4.74 Å². The first-order valence-electron chi connectivity index (χ1n) is 6.33. The minimum atomic E-state index is -1.25. The zero-order valence-electron chi connectivity index (χ0n) is 11.7. The van der Waals surface area contributed by atoms with Crippen LogP contribution in [0.4, 0.5) is 0 Å². The van der Waals surface area contributed by atoms with Crippen molar-refractivity contribution in [2.45, 2.75) is 32.9 Å². The third kappa shape index (κ3) is 2.36. The molecule has 1 heterocycles. The number of carbonyl (C=O) groups is 1. The Labute approximate surface area is 112 Å². The number of esters is 1. The Morgan fingerprint density at radius 3 is 2.58 bits per heavy atom. The van der Waals surface area contributed by atoms with Gasteiger partial charge in [-0.1, -0.05) is 11.6 Å². The molecule has 0 aliphatic rings. The maximum atomic E-state index is 11.5. The Kier molecular flexibility index (Phi) is 3.62. The lowest BCUT2D eigenvalue weighted by molar-refractivity contribution is -0.151. The summed E-state index contributed by atoms with van der Waals surface area (Å²) < 4.78 is 6.59. The number of aromatic nitrogens is 1. The lowest BCUT2D eigenvalue weighted by Crippen LogP contribution is -2.18. The van der Waals surface area contributed by atoms with E-state index in [1.54, 1.807) is 0 Å². The van der Waals surface area contributed by atoms with Crippen molar-refractivity contribution in [3.63, 3.8) is 0 Å². The van der Waals surface area contributed by atoms with Crippen molar-refractivity contribution in [2.24, 2.45) is 0 Å². The minimum Gasteiger partial charge on any atom is -0.467 e. The number of carbonyl (C=O) groups excluding carboxylic acids is 1. The number of hydrogen-bond acceptors (Lipinski definition) is 3. The highest BCUT2D eigenvalue weighted by atomic mass is 16.5. The number of methoxy groups -OCH3 is 1. The molecule has 0 spiro atoms. The number of rotatable bonds is 3. The molecule has 0 radical (unpaired) electrons. The smallest absolute Gasteiger partial charge is 0.340 e. The number of aryl methyl sites for hydroxylation is 1. The van der Waals surface area contributed by atoms with Gasteiger partial charge in [0.1, 0.15) is 0 Å². The Bertz CT molecular complexity index is 613. The highest BCUT2D eigenvalue weighted by Gasteiger charge is 2.24. The molecule has 0 saturated heterocycles. The lowest BCUT2D eigenvalue weighted by atomic mass is 10.2. The largest absolute Gasteiger partial charge is 0.467 e. The Hall–Kier alpha value is -1.81. The first kappa shape index (κ1) is 13.6. The number of aliphatic hydroxyl groups excluding tert-OH is 1. The molecule has 0 amide bonds. The number of nitrogens with zero attached hydrogens (tertiary/aromatic N) is 1. The second kappa shape index (κ2) is 5.05. The summed E-state index contributed by atoms with van der Waals surface area (Å²) in [5.74, 6) is -0.638. The fourth-order valence-electron chi connectivity index (χ4n) is 2.40. The summed E-state index contributed by atoms with van der Waals surface area (Å²) in [7, 11) is 1.28. The average molecular weight is 261 g/mol. The van der Waals surface area contributed by atoms with Gasteiger partial charge in [0, 0.05) is 16.9 Å². The standard InChI is InChI=1S/C15H19NO3/c1-9(2)16-12-6-5-10(3)7-11(12)8-13(16)14(17)15(18)19-4/h5-9,14,17H,1-4H3. The Morgan fingerprint density at radius 1 is 1.32 bits per heavy atom. The molecule has 1 aromatic heterocycles. The van der Waals surface area contributed by atoms with Gasteiger partial charge in [0.25, 0.3) is 0 Å². The predicted octanol–water partition coefficient (Wildman–Crippen LogP) is 2.74. The van der Waals surface area contributed by atoms with E-state index < -0.39 is 12.1 Å². The van der Waals surface area contributed by atoms with E-state index in [0.29, 0.717) is 5.69 Å². The summed E-state index contributed by atoms with van der Waals surface area (Å²) in [5.41, 5.74) is 2.73. The van der Waals surface area contributed by atoms with E-state index in [0.717, 1.165) is 16.5 Å². The molecule has 2 rings (SSSR count). The molecule has 1 unspecified atom stereocenters. The molecule has 0 bridgehead atoms. The molecular weight excluding hydrogens is 242 g/mol. The van der Waals surface area contributed by atoms with E-state index in [1.807, 2.05) is 49.6 Å². The quantitative estimate of drug-likeness (QED) is 0.864. The van der Waals surface area contributed by atoms with Crippen LogP contribution in [-0.2, 0) is 9.53 Å². The summed E-state index contributed by atoms with van der Waals surface area (Å²) in [6, 6.07) is 8.08. The van der Waals surface area contributed by atoms with Gasteiger partial charge in [-0.2, -0.15) is 0 Å². The number of fused-ring (bicyclic) bond motifs is 1. The van der Waals surface area contributed by atoms with E-state index >= 15 is 0 Å². The van der Waals surface area contributed by atoms with Crippen molar-refractivity contribution < 1.29 is 14.6 Å². The van der Waals surface area contributed by atoms with Crippen molar-refractivity contribution in [2.75, 3.05) is 7.11 Å². The maximum Gasteiger partial charge on any atom is 0.340 e. The van der Waals surface area contributed by atoms with Crippen molar-refractivity contribution in [3.8, 4) is 0 Å². The summed E-state index contributed by atoms with van der Waals surface area (Å²) in [6.45, 7) is 6.06. The van der Waals surface area contributed by atoms with Gasteiger partial charge in [0.15, 0.2) is 6.10 Å². The number of benzene rings is 1. The summed E-state index contributed by atoms with van der Waals surface area (Å²) in [4.78, 5) is 11.5. The first-order chi connectivity index (χ1) is 8.95. The molecule has 0 aliphatic carbocycles. The molecule has 4 nitrogen and oxygen atoms in total. The molecule has 1 atom stereocenters. The Morgan fingerprint density at radius 2 is 2.00 bits per heavy atom. The van der Waals surface area contributed by atoms with E-state index in [1.165, 1.54) is 7.11 Å².